The largest absolute Gasteiger partial charge is 0.294 e. The first kappa shape index (κ1) is 19.7. The van der Waals surface area contributed by atoms with Crippen LogP contribution in [0.25, 0.3) is 0 Å². The van der Waals surface area contributed by atoms with E-state index in [1.54, 1.807) is 48.5 Å². The van der Waals surface area contributed by atoms with Gasteiger partial charge in [0.15, 0.2) is 9.84 Å². The van der Waals surface area contributed by atoms with Gasteiger partial charge in [-0.2, -0.15) is 0 Å². The molecule has 25 heavy (non-hydrogen) atoms. The highest BCUT2D eigenvalue weighted by Gasteiger charge is 2.23. The average Bonchev–Trinajstić information content (AvgIpc) is 2.56. The molecular weight excluding hydrogens is 383 g/mol. The minimum Gasteiger partial charge on any atom is -0.294 e. The van der Waals surface area contributed by atoms with Gasteiger partial charge < -0.3 is 0 Å². The summed E-state index contributed by atoms with van der Waals surface area (Å²) in [6.45, 7) is 0. The van der Waals surface area contributed by atoms with E-state index < -0.39 is 21.7 Å². The Morgan fingerprint density at radius 1 is 1.00 bits per heavy atom. The number of sulfone groups is 1. The molecule has 0 aliphatic carbocycles. The molecule has 0 saturated heterocycles. The van der Waals surface area contributed by atoms with Gasteiger partial charge in [0.1, 0.15) is 0 Å². The first-order valence-electron chi connectivity index (χ1n) is 7.49. The zero-order chi connectivity index (χ0) is 18.4. The van der Waals surface area contributed by atoms with Crippen LogP contribution in [0, 0.1) is 0 Å². The minimum atomic E-state index is -3.46. The second kappa shape index (κ2) is 8.67. The maximum absolute atomic E-state index is 12.6. The third kappa shape index (κ3) is 6.32. The lowest BCUT2D eigenvalue weighted by Crippen LogP contribution is -2.32. The Kier molecular flexibility index (Phi) is 6.84. The van der Waals surface area contributed by atoms with E-state index in [0.29, 0.717) is 21.2 Å². The Hall–Kier alpha value is -1.60. The van der Waals surface area contributed by atoms with Crippen molar-refractivity contribution in [2.24, 2.45) is 5.84 Å². The number of amides is 1. The standard InChI is InChI=1S/C17H18Cl2N2O3S/c18-15-5-1-12(2-6-15)10-25(23,24)11-14(9-17(22)21-20)13-3-7-16(19)8-4-13/h1-8,14H,9-11,20H2,(H,21,22). The second-order valence-corrected chi connectivity index (χ2v) is 8.68. The summed E-state index contributed by atoms with van der Waals surface area (Å²) in [4.78, 5) is 11.7. The van der Waals surface area contributed by atoms with Crippen molar-refractivity contribution < 1.29 is 13.2 Å². The lowest BCUT2D eigenvalue weighted by molar-refractivity contribution is -0.121. The number of carbonyl (C=O) groups excluding carboxylic acids is 1. The summed E-state index contributed by atoms with van der Waals surface area (Å²) in [6.07, 6.45) is -0.0298. The summed E-state index contributed by atoms with van der Waals surface area (Å²) in [6, 6.07) is 13.4. The molecule has 8 heteroatoms. The van der Waals surface area contributed by atoms with Crippen LogP contribution in [0.15, 0.2) is 48.5 Å². The second-order valence-electron chi connectivity index (χ2n) is 5.70. The molecule has 3 N–H and O–H groups in total. The highest BCUT2D eigenvalue weighted by Crippen LogP contribution is 2.25. The van der Waals surface area contributed by atoms with Crippen molar-refractivity contribution in [3.05, 3.63) is 69.7 Å². The lowest BCUT2D eigenvalue weighted by Gasteiger charge is -2.17. The molecule has 0 spiro atoms. The normalized spacial score (nSPS) is 12.6. The fraction of sp³-hybridized carbons (Fsp3) is 0.235. The van der Waals surface area contributed by atoms with E-state index in [1.807, 2.05) is 5.43 Å². The van der Waals surface area contributed by atoms with E-state index in [9.17, 15) is 13.2 Å². The van der Waals surface area contributed by atoms with E-state index in [2.05, 4.69) is 0 Å². The van der Waals surface area contributed by atoms with E-state index in [-0.39, 0.29) is 17.9 Å². The molecule has 0 aromatic heterocycles. The Labute approximate surface area is 157 Å². The molecule has 1 atom stereocenters. The van der Waals surface area contributed by atoms with Gasteiger partial charge in [-0.1, -0.05) is 47.5 Å². The number of nitrogens with two attached hydrogens (primary N) is 1. The van der Waals surface area contributed by atoms with Crippen molar-refractivity contribution in [2.45, 2.75) is 18.1 Å². The molecule has 0 aliphatic rings. The van der Waals surface area contributed by atoms with Crippen molar-refractivity contribution in [2.75, 3.05) is 5.75 Å². The Morgan fingerprint density at radius 3 is 2.04 bits per heavy atom. The van der Waals surface area contributed by atoms with Crippen molar-refractivity contribution in [3.8, 4) is 0 Å². The fourth-order valence-corrected chi connectivity index (χ4v) is 4.48. The average molecular weight is 401 g/mol. The van der Waals surface area contributed by atoms with E-state index in [0.717, 1.165) is 0 Å². The van der Waals surface area contributed by atoms with Crippen LogP contribution in [0.5, 0.6) is 0 Å². The SMILES string of the molecule is NNC(=O)CC(CS(=O)(=O)Cc1ccc(Cl)cc1)c1ccc(Cl)cc1. The number of carbonyl (C=O) groups is 1. The molecule has 0 saturated carbocycles. The number of nitrogens with one attached hydrogen (secondary N) is 1. The van der Waals surface area contributed by atoms with Gasteiger partial charge in [0.25, 0.3) is 0 Å². The predicted octanol–water partition coefficient (Wildman–Crippen LogP) is 3.07. The zero-order valence-electron chi connectivity index (χ0n) is 13.3. The van der Waals surface area contributed by atoms with Gasteiger partial charge in [0.2, 0.25) is 5.91 Å². The third-order valence-electron chi connectivity index (χ3n) is 3.69. The van der Waals surface area contributed by atoms with Gasteiger partial charge in [0, 0.05) is 22.4 Å². The Bertz CT molecular complexity index is 822. The monoisotopic (exact) mass is 400 g/mol. The molecular formula is C17H18Cl2N2O3S. The molecule has 0 aliphatic heterocycles. The molecule has 5 nitrogen and oxygen atoms in total. The van der Waals surface area contributed by atoms with Gasteiger partial charge in [-0.15, -0.1) is 0 Å². The summed E-state index contributed by atoms with van der Waals surface area (Å²) < 4.78 is 25.2. The number of halogens is 2. The van der Waals surface area contributed by atoms with Gasteiger partial charge in [-0.3, -0.25) is 10.2 Å². The summed E-state index contributed by atoms with van der Waals surface area (Å²) in [5, 5.41) is 1.08. The highest BCUT2D eigenvalue weighted by molar-refractivity contribution is 7.90. The van der Waals surface area contributed by atoms with E-state index >= 15 is 0 Å². The van der Waals surface area contributed by atoms with Crippen LogP contribution in [0.3, 0.4) is 0 Å². The maximum atomic E-state index is 12.6. The number of rotatable bonds is 7. The number of hydrogen-bond acceptors (Lipinski definition) is 4. The molecule has 2 aromatic carbocycles. The molecule has 0 heterocycles. The first-order chi connectivity index (χ1) is 11.8. The van der Waals surface area contributed by atoms with Crippen LogP contribution in [0.2, 0.25) is 10.0 Å². The summed E-state index contributed by atoms with van der Waals surface area (Å²) in [7, 11) is -3.46. The smallest absolute Gasteiger partial charge is 0.234 e. The summed E-state index contributed by atoms with van der Waals surface area (Å²) in [5.74, 6) is 3.89. The molecule has 1 unspecified atom stereocenters. The van der Waals surface area contributed by atoms with Crippen LogP contribution in [0.1, 0.15) is 23.5 Å². The molecule has 2 aromatic rings. The van der Waals surface area contributed by atoms with Crippen LogP contribution < -0.4 is 11.3 Å². The van der Waals surface area contributed by atoms with Crippen molar-refractivity contribution in [3.63, 3.8) is 0 Å². The van der Waals surface area contributed by atoms with Crippen LogP contribution in [0.4, 0.5) is 0 Å². The first-order valence-corrected chi connectivity index (χ1v) is 10.1. The summed E-state index contributed by atoms with van der Waals surface area (Å²) in [5.41, 5.74) is 3.40. The lowest BCUT2D eigenvalue weighted by atomic mass is 9.97. The van der Waals surface area contributed by atoms with E-state index in [1.165, 1.54) is 0 Å². The molecule has 0 bridgehead atoms. The molecule has 1 amide bonds. The number of benzene rings is 2. The Morgan fingerprint density at radius 2 is 1.52 bits per heavy atom. The predicted molar refractivity (Wildman–Crippen MR) is 100 cm³/mol. The van der Waals surface area contributed by atoms with Crippen molar-refractivity contribution in [1.82, 2.24) is 5.43 Å². The summed E-state index contributed by atoms with van der Waals surface area (Å²) >= 11 is 11.7. The minimum absolute atomic E-state index is 0.0298. The van der Waals surface area contributed by atoms with Crippen molar-refractivity contribution in [1.29, 1.82) is 0 Å². The quantitative estimate of drug-likeness (QED) is 0.424. The molecule has 134 valence electrons. The molecule has 0 fully saturated rings. The highest BCUT2D eigenvalue weighted by atomic mass is 35.5. The molecule has 2 rings (SSSR count). The maximum Gasteiger partial charge on any atom is 0.234 e. The number of hydrazine groups is 1. The topological polar surface area (TPSA) is 89.3 Å². The molecule has 0 radical (unpaired) electrons. The van der Waals surface area contributed by atoms with Gasteiger partial charge >= 0.3 is 0 Å². The van der Waals surface area contributed by atoms with Gasteiger partial charge in [0.05, 0.1) is 11.5 Å². The van der Waals surface area contributed by atoms with E-state index in [4.69, 9.17) is 29.0 Å². The fourth-order valence-electron chi connectivity index (χ4n) is 2.49. The van der Waals surface area contributed by atoms with Crippen LogP contribution in [-0.2, 0) is 20.4 Å². The zero-order valence-corrected chi connectivity index (χ0v) is 15.6. The van der Waals surface area contributed by atoms with Crippen LogP contribution in [-0.4, -0.2) is 20.1 Å². The van der Waals surface area contributed by atoms with Gasteiger partial charge in [-0.25, -0.2) is 14.3 Å². The van der Waals surface area contributed by atoms with Crippen molar-refractivity contribution >= 4 is 38.9 Å². The van der Waals surface area contributed by atoms with Crippen LogP contribution >= 0.6 is 23.2 Å². The third-order valence-corrected chi connectivity index (χ3v) is 5.88. The number of hydrogen-bond donors (Lipinski definition) is 2. The van der Waals surface area contributed by atoms with Gasteiger partial charge in [-0.05, 0) is 35.4 Å². The Balaban J connectivity index is 2.20.